The summed E-state index contributed by atoms with van der Waals surface area (Å²) in [5.41, 5.74) is 0. The molecular weight excluding hydrogens is 189 g/mol. The van der Waals surface area contributed by atoms with Crippen LogP contribution in [0, 0.1) is 5.82 Å². The molecule has 0 saturated carbocycles. The lowest BCUT2D eigenvalue weighted by Gasteiger charge is -2.02. The van der Waals surface area contributed by atoms with E-state index in [0.717, 1.165) is 0 Å². The Morgan fingerprint density at radius 3 is 2.85 bits per heavy atom. The first-order valence-electron chi connectivity index (χ1n) is 3.68. The van der Waals surface area contributed by atoms with Crippen molar-refractivity contribution in [3.05, 3.63) is 41.7 Å². The topological polar surface area (TPSA) is 22.1 Å². The molecule has 0 aliphatic carbocycles. The minimum absolute atomic E-state index is 0.225. The maximum Gasteiger partial charge on any atom is 0.165 e. The van der Waals surface area contributed by atoms with E-state index in [9.17, 15) is 4.39 Å². The van der Waals surface area contributed by atoms with Crippen molar-refractivity contribution in [2.24, 2.45) is 0 Å². The van der Waals surface area contributed by atoms with Gasteiger partial charge < -0.3 is 4.74 Å². The lowest BCUT2D eigenvalue weighted by Crippen LogP contribution is -1.85. The molecular formula is C9H6FNOS. The summed E-state index contributed by atoms with van der Waals surface area (Å²) in [5, 5.41) is 1.71. The van der Waals surface area contributed by atoms with Crippen molar-refractivity contribution in [2.75, 3.05) is 0 Å². The fourth-order valence-corrected chi connectivity index (χ4v) is 1.34. The van der Waals surface area contributed by atoms with Crippen LogP contribution in [-0.4, -0.2) is 4.37 Å². The zero-order valence-corrected chi connectivity index (χ0v) is 7.42. The van der Waals surface area contributed by atoms with Gasteiger partial charge in [-0.05, 0) is 23.7 Å². The molecule has 0 unspecified atom stereocenters. The molecule has 66 valence electrons. The van der Waals surface area contributed by atoms with E-state index < -0.39 is 0 Å². The maximum absolute atomic E-state index is 13.0. The third-order valence-corrected chi connectivity index (χ3v) is 2.04. The Hall–Kier alpha value is -1.42. The molecule has 0 fully saturated rings. The van der Waals surface area contributed by atoms with Gasteiger partial charge in [0.15, 0.2) is 17.3 Å². The van der Waals surface area contributed by atoms with Crippen LogP contribution in [0.2, 0.25) is 0 Å². The van der Waals surface area contributed by atoms with Gasteiger partial charge in [0.05, 0.1) is 11.6 Å². The average Bonchev–Trinajstić information content (AvgIpc) is 2.61. The lowest BCUT2D eigenvalue weighted by molar-refractivity contribution is 0.443. The zero-order valence-electron chi connectivity index (χ0n) is 6.61. The Morgan fingerprint density at radius 1 is 1.31 bits per heavy atom. The van der Waals surface area contributed by atoms with E-state index in [0.29, 0.717) is 5.75 Å². The van der Waals surface area contributed by atoms with E-state index in [4.69, 9.17) is 4.74 Å². The van der Waals surface area contributed by atoms with Gasteiger partial charge in [0.2, 0.25) is 0 Å². The summed E-state index contributed by atoms with van der Waals surface area (Å²) in [5.74, 6) is 0.423. The van der Waals surface area contributed by atoms with E-state index >= 15 is 0 Å². The first-order chi connectivity index (χ1) is 6.36. The van der Waals surface area contributed by atoms with Crippen LogP contribution in [0.3, 0.4) is 0 Å². The van der Waals surface area contributed by atoms with Gasteiger partial charge in [-0.2, -0.15) is 4.37 Å². The number of halogens is 1. The van der Waals surface area contributed by atoms with Gasteiger partial charge in [-0.1, -0.05) is 12.1 Å². The van der Waals surface area contributed by atoms with E-state index in [1.54, 1.807) is 29.8 Å². The molecule has 1 heterocycles. The van der Waals surface area contributed by atoms with Crippen LogP contribution in [0.4, 0.5) is 4.39 Å². The molecule has 4 heteroatoms. The van der Waals surface area contributed by atoms with Crippen LogP contribution in [0.15, 0.2) is 35.8 Å². The zero-order chi connectivity index (χ0) is 9.10. The summed E-state index contributed by atoms with van der Waals surface area (Å²) in [7, 11) is 0. The van der Waals surface area contributed by atoms with Crippen molar-refractivity contribution < 1.29 is 9.13 Å². The number of benzene rings is 1. The molecule has 2 nitrogen and oxygen atoms in total. The summed E-state index contributed by atoms with van der Waals surface area (Å²) in [6.07, 6.45) is 1.55. The largest absolute Gasteiger partial charge is 0.452 e. The van der Waals surface area contributed by atoms with Crippen molar-refractivity contribution in [3.8, 4) is 11.5 Å². The minimum atomic E-state index is -0.367. The van der Waals surface area contributed by atoms with Crippen molar-refractivity contribution in [2.45, 2.75) is 0 Å². The number of rotatable bonds is 2. The molecule has 0 saturated heterocycles. The van der Waals surface area contributed by atoms with Crippen molar-refractivity contribution in [3.63, 3.8) is 0 Å². The quantitative estimate of drug-likeness (QED) is 0.734. The highest BCUT2D eigenvalue weighted by molar-refractivity contribution is 7.03. The molecule has 0 bridgehead atoms. The molecule has 2 rings (SSSR count). The standard InChI is InChI=1S/C9H6FNOS/c10-8-3-1-2-4-9(8)12-7-5-11-13-6-7/h1-6H. The maximum atomic E-state index is 13.0. The Kier molecular flexibility index (Phi) is 2.23. The second-order valence-corrected chi connectivity index (χ2v) is 3.05. The minimum Gasteiger partial charge on any atom is -0.452 e. The summed E-state index contributed by atoms with van der Waals surface area (Å²) in [6.45, 7) is 0. The van der Waals surface area contributed by atoms with E-state index in [1.165, 1.54) is 17.6 Å². The Labute approximate surface area is 78.8 Å². The molecule has 0 aliphatic rings. The second-order valence-electron chi connectivity index (χ2n) is 2.39. The lowest BCUT2D eigenvalue weighted by atomic mass is 10.3. The summed E-state index contributed by atoms with van der Waals surface area (Å²) in [6, 6.07) is 6.27. The third-order valence-electron chi connectivity index (χ3n) is 1.47. The van der Waals surface area contributed by atoms with Gasteiger partial charge >= 0.3 is 0 Å². The van der Waals surface area contributed by atoms with Gasteiger partial charge in [-0.15, -0.1) is 0 Å². The molecule has 0 spiro atoms. The molecule has 0 radical (unpaired) electrons. The Morgan fingerprint density at radius 2 is 2.15 bits per heavy atom. The molecule has 13 heavy (non-hydrogen) atoms. The van der Waals surface area contributed by atoms with Gasteiger partial charge in [0, 0.05) is 0 Å². The second kappa shape index (κ2) is 3.53. The van der Waals surface area contributed by atoms with Crippen LogP contribution in [0.1, 0.15) is 0 Å². The monoisotopic (exact) mass is 195 g/mol. The SMILES string of the molecule is Fc1ccccc1Oc1cnsc1. The predicted octanol–water partition coefficient (Wildman–Crippen LogP) is 3.07. The molecule has 1 aromatic carbocycles. The van der Waals surface area contributed by atoms with E-state index in [-0.39, 0.29) is 11.6 Å². The molecule has 0 aliphatic heterocycles. The molecule has 1 aromatic heterocycles. The van der Waals surface area contributed by atoms with Crippen LogP contribution < -0.4 is 4.74 Å². The van der Waals surface area contributed by atoms with Crippen molar-refractivity contribution in [1.29, 1.82) is 0 Å². The van der Waals surface area contributed by atoms with Crippen LogP contribution >= 0.6 is 11.5 Å². The Balaban J connectivity index is 2.24. The predicted molar refractivity (Wildman–Crippen MR) is 48.6 cm³/mol. The average molecular weight is 195 g/mol. The fraction of sp³-hybridized carbons (Fsp3) is 0. The number of nitrogens with zero attached hydrogens (tertiary/aromatic N) is 1. The highest BCUT2D eigenvalue weighted by Gasteiger charge is 2.02. The highest BCUT2D eigenvalue weighted by atomic mass is 32.1. The summed E-state index contributed by atoms with van der Waals surface area (Å²) < 4.78 is 22.1. The van der Waals surface area contributed by atoms with Crippen molar-refractivity contribution >= 4 is 11.5 Å². The number of hydrogen-bond acceptors (Lipinski definition) is 3. The molecule has 2 aromatic rings. The first kappa shape index (κ1) is 8.19. The summed E-state index contributed by atoms with van der Waals surface area (Å²) >= 11 is 1.27. The first-order valence-corrected chi connectivity index (χ1v) is 4.51. The highest BCUT2D eigenvalue weighted by Crippen LogP contribution is 2.24. The van der Waals surface area contributed by atoms with Gasteiger partial charge in [-0.25, -0.2) is 4.39 Å². The van der Waals surface area contributed by atoms with Gasteiger partial charge in [-0.3, -0.25) is 0 Å². The smallest absolute Gasteiger partial charge is 0.165 e. The van der Waals surface area contributed by atoms with Crippen molar-refractivity contribution in [1.82, 2.24) is 4.37 Å². The van der Waals surface area contributed by atoms with E-state index in [2.05, 4.69) is 4.37 Å². The third kappa shape index (κ3) is 1.84. The number of hydrogen-bond donors (Lipinski definition) is 0. The molecule has 0 atom stereocenters. The van der Waals surface area contributed by atoms with Gasteiger partial charge in [0.1, 0.15) is 0 Å². The fourth-order valence-electron chi connectivity index (χ4n) is 0.900. The Bertz CT molecular complexity index is 388. The molecule has 0 N–H and O–H groups in total. The van der Waals surface area contributed by atoms with Gasteiger partial charge in [0.25, 0.3) is 0 Å². The number of ether oxygens (including phenoxy) is 1. The van der Waals surface area contributed by atoms with Crippen LogP contribution in [0.5, 0.6) is 11.5 Å². The van der Waals surface area contributed by atoms with Crippen LogP contribution in [-0.2, 0) is 0 Å². The number of aromatic nitrogens is 1. The van der Waals surface area contributed by atoms with E-state index in [1.807, 2.05) is 0 Å². The normalized spacial score (nSPS) is 9.92. The number of para-hydroxylation sites is 1. The molecule has 0 amide bonds. The summed E-state index contributed by atoms with van der Waals surface area (Å²) in [4.78, 5) is 0. The van der Waals surface area contributed by atoms with Crippen LogP contribution in [0.25, 0.3) is 0 Å².